The van der Waals surface area contributed by atoms with Crippen LogP contribution in [0.3, 0.4) is 0 Å². The van der Waals surface area contributed by atoms with Gasteiger partial charge in [0, 0.05) is 12.0 Å². The highest BCUT2D eigenvalue weighted by atomic mass is 16.5. The summed E-state index contributed by atoms with van der Waals surface area (Å²) in [5.74, 6) is 1.50. The Kier molecular flexibility index (Phi) is 5.28. The molecule has 0 saturated heterocycles. The summed E-state index contributed by atoms with van der Waals surface area (Å²) in [5.41, 5.74) is 2.32. The average molecular weight is 291 g/mol. The van der Waals surface area contributed by atoms with Crippen LogP contribution in [0.4, 0.5) is 0 Å². The Morgan fingerprint density at radius 1 is 1.43 bits per heavy atom. The van der Waals surface area contributed by atoms with Crippen molar-refractivity contribution in [2.24, 2.45) is 0 Å². The van der Waals surface area contributed by atoms with Gasteiger partial charge in [0.25, 0.3) is 0 Å². The Morgan fingerprint density at radius 3 is 2.81 bits per heavy atom. The second-order valence-electron chi connectivity index (χ2n) is 6.70. The first-order chi connectivity index (χ1) is 9.99. The van der Waals surface area contributed by atoms with E-state index in [0.717, 1.165) is 31.4 Å². The van der Waals surface area contributed by atoms with Gasteiger partial charge in [0.05, 0.1) is 6.61 Å². The molecule has 3 nitrogen and oxygen atoms in total. The minimum atomic E-state index is -0.174. The second kappa shape index (κ2) is 6.80. The smallest absolute Gasteiger partial charge is 0.122 e. The van der Waals surface area contributed by atoms with Crippen molar-refractivity contribution in [3.8, 4) is 5.75 Å². The van der Waals surface area contributed by atoms with E-state index >= 15 is 0 Å². The Balaban J connectivity index is 2.12. The average Bonchev–Trinajstić information content (AvgIpc) is 2.49. The maximum atomic E-state index is 9.68. The topological polar surface area (TPSA) is 41.5 Å². The fraction of sp³-hybridized carbons (Fsp3) is 0.667. The van der Waals surface area contributed by atoms with Gasteiger partial charge in [-0.05, 0) is 56.3 Å². The number of aliphatic hydroxyl groups excluding tert-OH is 1. The first kappa shape index (κ1) is 16.3. The van der Waals surface area contributed by atoms with Gasteiger partial charge in [0.2, 0.25) is 0 Å². The minimum absolute atomic E-state index is 0.174. The zero-order valence-corrected chi connectivity index (χ0v) is 13.8. The molecule has 2 rings (SSSR count). The number of aryl methyl sites for hydroxylation is 1. The zero-order chi connectivity index (χ0) is 15.5. The largest absolute Gasteiger partial charge is 0.490 e. The molecular weight excluding hydrogens is 262 g/mol. The predicted octanol–water partition coefficient (Wildman–Crippen LogP) is 3.39. The molecule has 1 aromatic rings. The third kappa shape index (κ3) is 3.78. The van der Waals surface area contributed by atoms with E-state index in [9.17, 15) is 5.11 Å². The van der Waals surface area contributed by atoms with Crippen LogP contribution in [0.15, 0.2) is 18.2 Å². The molecule has 1 aromatic carbocycles. The molecule has 2 N–H and O–H groups in total. The number of rotatable bonds is 5. The van der Waals surface area contributed by atoms with E-state index < -0.39 is 0 Å². The van der Waals surface area contributed by atoms with Crippen molar-refractivity contribution in [1.29, 1.82) is 0 Å². The molecule has 0 heterocycles. The van der Waals surface area contributed by atoms with Gasteiger partial charge in [-0.1, -0.05) is 26.0 Å². The van der Waals surface area contributed by atoms with Gasteiger partial charge in [-0.2, -0.15) is 0 Å². The molecule has 2 atom stereocenters. The number of aliphatic hydroxyl groups is 1. The summed E-state index contributed by atoms with van der Waals surface area (Å²) in [5, 5.41) is 13.0. The molecule has 3 heteroatoms. The van der Waals surface area contributed by atoms with E-state index in [1.165, 1.54) is 11.1 Å². The SMILES string of the molecule is CNC1(CO)CCCC(Oc2cc(C(C)C)ccc2C)C1. The van der Waals surface area contributed by atoms with Crippen molar-refractivity contribution in [2.75, 3.05) is 13.7 Å². The van der Waals surface area contributed by atoms with E-state index in [0.29, 0.717) is 5.92 Å². The number of hydrogen-bond acceptors (Lipinski definition) is 3. The van der Waals surface area contributed by atoms with Crippen molar-refractivity contribution in [2.45, 2.75) is 64.0 Å². The molecule has 0 bridgehead atoms. The Labute approximate surface area is 128 Å². The van der Waals surface area contributed by atoms with Crippen molar-refractivity contribution >= 4 is 0 Å². The first-order valence-corrected chi connectivity index (χ1v) is 8.06. The third-order valence-corrected chi connectivity index (χ3v) is 4.81. The van der Waals surface area contributed by atoms with E-state index in [2.05, 4.69) is 44.3 Å². The monoisotopic (exact) mass is 291 g/mol. The lowest BCUT2D eigenvalue weighted by Crippen LogP contribution is -2.52. The number of likely N-dealkylation sites (N-methyl/N-ethyl adjacent to an activating group) is 1. The zero-order valence-electron chi connectivity index (χ0n) is 13.8. The van der Waals surface area contributed by atoms with Gasteiger partial charge in [-0.3, -0.25) is 0 Å². The molecule has 2 unspecified atom stereocenters. The molecule has 1 saturated carbocycles. The predicted molar refractivity (Wildman–Crippen MR) is 87.0 cm³/mol. The van der Waals surface area contributed by atoms with E-state index in [1.54, 1.807) is 0 Å². The van der Waals surface area contributed by atoms with Crippen LogP contribution in [0.5, 0.6) is 5.75 Å². The lowest BCUT2D eigenvalue weighted by molar-refractivity contribution is 0.0550. The summed E-state index contributed by atoms with van der Waals surface area (Å²) in [7, 11) is 1.93. The van der Waals surface area contributed by atoms with Gasteiger partial charge in [-0.15, -0.1) is 0 Å². The van der Waals surface area contributed by atoms with Gasteiger partial charge in [0.15, 0.2) is 0 Å². The van der Waals surface area contributed by atoms with E-state index in [4.69, 9.17) is 4.74 Å². The number of nitrogens with one attached hydrogen (secondary N) is 1. The van der Waals surface area contributed by atoms with Gasteiger partial charge < -0.3 is 15.2 Å². The van der Waals surface area contributed by atoms with Crippen LogP contribution >= 0.6 is 0 Å². The molecule has 118 valence electrons. The molecule has 1 aliphatic carbocycles. The summed E-state index contributed by atoms with van der Waals surface area (Å²) in [6.07, 6.45) is 4.22. The van der Waals surface area contributed by atoms with Gasteiger partial charge in [-0.25, -0.2) is 0 Å². The second-order valence-corrected chi connectivity index (χ2v) is 6.70. The summed E-state index contributed by atoms with van der Waals surface area (Å²) in [6.45, 7) is 6.67. The Morgan fingerprint density at radius 2 is 2.19 bits per heavy atom. The van der Waals surface area contributed by atoms with Gasteiger partial charge >= 0.3 is 0 Å². The summed E-state index contributed by atoms with van der Waals surface area (Å²) in [4.78, 5) is 0. The maximum absolute atomic E-state index is 9.68. The van der Waals surface area contributed by atoms with E-state index in [1.807, 2.05) is 7.05 Å². The molecule has 0 aliphatic heterocycles. The lowest BCUT2D eigenvalue weighted by atomic mass is 9.80. The van der Waals surface area contributed by atoms with Crippen LogP contribution in [0.25, 0.3) is 0 Å². The molecule has 21 heavy (non-hydrogen) atoms. The number of hydrogen-bond donors (Lipinski definition) is 2. The van der Waals surface area contributed by atoms with Gasteiger partial charge in [0.1, 0.15) is 11.9 Å². The third-order valence-electron chi connectivity index (χ3n) is 4.81. The summed E-state index contributed by atoms with van der Waals surface area (Å²) < 4.78 is 6.28. The fourth-order valence-electron chi connectivity index (χ4n) is 3.14. The van der Waals surface area contributed by atoms with E-state index in [-0.39, 0.29) is 18.2 Å². The lowest BCUT2D eigenvalue weighted by Gasteiger charge is -2.39. The molecule has 1 fully saturated rings. The summed E-state index contributed by atoms with van der Waals surface area (Å²) >= 11 is 0. The summed E-state index contributed by atoms with van der Waals surface area (Å²) in [6, 6.07) is 6.50. The minimum Gasteiger partial charge on any atom is -0.490 e. The highest BCUT2D eigenvalue weighted by Gasteiger charge is 2.35. The van der Waals surface area contributed by atoms with Crippen LogP contribution in [-0.2, 0) is 0 Å². The maximum Gasteiger partial charge on any atom is 0.122 e. The highest BCUT2D eigenvalue weighted by molar-refractivity contribution is 5.38. The Hall–Kier alpha value is -1.06. The number of ether oxygens (including phenoxy) is 1. The number of benzene rings is 1. The first-order valence-electron chi connectivity index (χ1n) is 8.06. The van der Waals surface area contributed by atoms with Crippen LogP contribution in [-0.4, -0.2) is 30.4 Å². The van der Waals surface area contributed by atoms with Crippen LogP contribution in [0.1, 0.15) is 56.6 Å². The van der Waals surface area contributed by atoms with Crippen molar-refractivity contribution in [3.63, 3.8) is 0 Å². The molecule has 0 spiro atoms. The normalized spacial score (nSPS) is 26.1. The fourth-order valence-corrected chi connectivity index (χ4v) is 3.14. The van der Waals surface area contributed by atoms with Crippen LogP contribution in [0, 0.1) is 6.92 Å². The van der Waals surface area contributed by atoms with Crippen LogP contribution < -0.4 is 10.1 Å². The quantitative estimate of drug-likeness (QED) is 0.874. The molecule has 0 amide bonds. The molecular formula is C18H29NO2. The molecule has 1 aliphatic rings. The molecule has 0 aromatic heterocycles. The Bertz CT molecular complexity index is 466. The van der Waals surface area contributed by atoms with Crippen molar-refractivity contribution in [3.05, 3.63) is 29.3 Å². The van der Waals surface area contributed by atoms with Crippen LogP contribution in [0.2, 0.25) is 0 Å². The molecule has 0 radical (unpaired) electrons. The standard InChI is InChI=1S/C18H29NO2/c1-13(2)15-8-7-14(3)17(10-15)21-16-6-5-9-18(11-16,12-20)19-4/h7-8,10,13,16,19-20H,5-6,9,11-12H2,1-4H3. The van der Waals surface area contributed by atoms with Crippen molar-refractivity contribution in [1.82, 2.24) is 5.32 Å². The van der Waals surface area contributed by atoms with Crippen molar-refractivity contribution < 1.29 is 9.84 Å². The highest BCUT2D eigenvalue weighted by Crippen LogP contribution is 2.32.